The summed E-state index contributed by atoms with van der Waals surface area (Å²) in [5.74, 6) is 1.04. The highest BCUT2D eigenvalue weighted by Crippen LogP contribution is 2.28. The van der Waals surface area contributed by atoms with Crippen LogP contribution in [0.5, 0.6) is 0 Å². The first-order valence-corrected chi connectivity index (χ1v) is 8.56. The van der Waals surface area contributed by atoms with Crippen LogP contribution in [0.25, 0.3) is 16.9 Å². The molecule has 0 spiro atoms. The van der Waals surface area contributed by atoms with Gasteiger partial charge in [0.1, 0.15) is 0 Å². The van der Waals surface area contributed by atoms with Crippen LogP contribution in [0.4, 0.5) is 11.5 Å². The SMILES string of the molecule is CC1(C)CC(Nc2nc(-c3cnn4ccncc34)ncc2[NH2+][O-])CCO1. The number of anilines is 1. The summed E-state index contributed by atoms with van der Waals surface area (Å²) < 4.78 is 7.48. The molecular formula is C17H21N7O2. The summed E-state index contributed by atoms with van der Waals surface area (Å²) in [6, 6.07) is 0.186. The Labute approximate surface area is 150 Å². The standard InChI is InChI=1S/C17H21N7O2/c1-17(2)7-11(3-6-26-17)21-16-13(23-25)9-19-15(22-16)12-8-20-24-5-4-18-10-14(12)24/h4-5,8-11H,3,6-7,23H2,1-2H3,(H,19,21,22). The molecule has 9 nitrogen and oxygen atoms in total. The first-order chi connectivity index (χ1) is 12.6. The largest absolute Gasteiger partial charge is 0.630 e. The molecule has 26 heavy (non-hydrogen) atoms. The highest BCUT2D eigenvalue weighted by atomic mass is 16.5. The molecule has 4 rings (SSSR count). The van der Waals surface area contributed by atoms with Gasteiger partial charge in [0.25, 0.3) is 0 Å². The van der Waals surface area contributed by atoms with E-state index < -0.39 is 0 Å². The molecule has 1 atom stereocenters. The van der Waals surface area contributed by atoms with Gasteiger partial charge in [0.2, 0.25) is 0 Å². The van der Waals surface area contributed by atoms with Crippen LogP contribution in [0.1, 0.15) is 26.7 Å². The van der Waals surface area contributed by atoms with Crippen molar-refractivity contribution in [2.24, 2.45) is 0 Å². The Balaban J connectivity index is 1.67. The lowest BCUT2D eigenvalue weighted by molar-refractivity contribution is -0.496. The zero-order valence-electron chi connectivity index (χ0n) is 14.7. The van der Waals surface area contributed by atoms with Gasteiger partial charge in [-0.3, -0.25) is 4.98 Å². The Morgan fingerprint density at radius 3 is 3.04 bits per heavy atom. The number of quaternary nitrogens is 1. The third-order valence-electron chi connectivity index (χ3n) is 4.55. The maximum Gasteiger partial charge on any atom is 0.192 e. The first-order valence-electron chi connectivity index (χ1n) is 8.56. The molecule has 4 heterocycles. The van der Waals surface area contributed by atoms with E-state index in [2.05, 4.69) is 39.2 Å². The van der Waals surface area contributed by atoms with Crippen LogP contribution >= 0.6 is 0 Å². The van der Waals surface area contributed by atoms with E-state index >= 15 is 0 Å². The molecule has 1 saturated heterocycles. The fourth-order valence-corrected chi connectivity index (χ4v) is 3.28. The number of rotatable bonds is 4. The minimum Gasteiger partial charge on any atom is -0.630 e. The predicted octanol–water partition coefficient (Wildman–Crippen LogP) is 1.25. The van der Waals surface area contributed by atoms with Crippen molar-refractivity contribution in [1.29, 1.82) is 0 Å². The van der Waals surface area contributed by atoms with Crippen LogP contribution < -0.4 is 10.8 Å². The molecule has 0 aliphatic carbocycles. The summed E-state index contributed by atoms with van der Waals surface area (Å²) >= 11 is 0. The second-order valence-corrected chi connectivity index (χ2v) is 7.02. The van der Waals surface area contributed by atoms with E-state index in [-0.39, 0.29) is 11.6 Å². The van der Waals surface area contributed by atoms with E-state index in [4.69, 9.17) is 4.74 Å². The number of aromatic nitrogens is 5. The average molecular weight is 355 g/mol. The van der Waals surface area contributed by atoms with Crippen LogP contribution in [-0.2, 0) is 4.74 Å². The molecule has 1 aliphatic heterocycles. The molecule has 3 aromatic heterocycles. The van der Waals surface area contributed by atoms with Gasteiger partial charge < -0.3 is 20.7 Å². The number of fused-ring (bicyclic) bond motifs is 1. The highest BCUT2D eigenvalue weighted by molar-refractivity contribution is 5.76. The molecule has 1 aliphatic rings. The predicted molar refractivity (Wildman–Crippen MR) is 95.6 cm³/mol. The van der Waals surface area contributed by atoms with E-state index in [1.807, 2.05) is 0 Å². The van der Waals surface area contributed by atoms with Crippen molar-refractivity contribution in [1.82, 2.24) is 24.6 Å². The van der Waals surface area contributed by atoms with Crippen LogP contribution in [0.3, 0.4) is 0 Å². The lowest BCUT2D eigenvalue weighted by Gasteiger charge is -2.36. The molecule has 1 fully saturated rings. The third kappa shape index (κ3) is 3.24. The van der Waals surface area contributed by atoms with Crippen molar-refractivity contribution in [2.75, 3.05) is 11.9 Å². The molecule has 1 unspecified atom stereocenters. The van der Waals surface area contributed by atoms with Gasteiger partial charge in [0.05, 0.1) is 35.3 Å². The monoisotopic (exact) mass is 355 g/mol. The van der Waals surface area contributed by atoms with Gasteiger partial charge in [-0.25, -0.2) is 14.5 Å². The van der Waals surface area contributed by atoms with Crippen molar-refractivity contribution in [3.8, 4) is 11.4 Å². The number of nitrogens with zero attached hydrogens (tertiary/aromatic N) is 5. The summed E-state index contributed by atoms with van der Waals surface area (Å²) in [7, 11) is 0. The summed E-state index contributed by atoms with van der Waals surface area (Å²) in [6.45, 7) is 4.82. The zero-order valence-corrected chi connectivity index (χ0v) is 14.7. The molecule has 3 aromatic rings. The van der Waals surface area contributed by atoms with Gasteiger partial charge in [-0.1, -0.05) is 0 Å². The van der Waals surface area contributed by atoms with Crippen molar-refractivity contribution in [3.63, 3.8) is 0 Å². The Hall–Kier alpha value is -2.62. The molecule has 0 aromatic carbocycles. The molecule has 0 bridgehead atoms. The van der Waals surface area contributed by atoms with Gasteiger partial charge in [-0.2, -0.15) is 5.10 Å². The van der Waals surface area contributed by atoms with Crippen LogP contribution in [0.15, 0.2) is 31.0 Å². The smallest absolute Gasteiger partial charge is 0.192 e. The van der Waals surface area contributed by atoms with Gasteiger partial charge in [0, 0.05) is 25.0 Å². The number of nitrogens with one attached hydrogen (secondary N) is 1. The number of ether oxygens (including phenoxy) is 1. The fourth-order valence-electron chi connectivity index (χ4n) is 3.28. The quantitative estimate of drug-likeness (QED) is 0.676. The van der Waals surface area contributed by atoms with Crippen molar-refractivity contribution in [2.45, 2.75) is 38.3 Å². The van der Waals surface area contributed by atoms with Crippen molar-refractivity contribution < 1.29 is 10.2 Å². The third-order valence-corrected chi connectivity index (χ3v) is 4.55. The first kappa shape index (κ1) is 16.8. The normalized spacial score (nSPS) is 19.6. The van der Waals surface area contributed by atoms with Gasteiger partial charge in [-0.15, -0.1) is 0 Å². The fraction of sp³-hybridized carbons (Fsp3) is 0.412. The van der Waals surface area contributed by atoms with E-state index in [0.29, 0.717) is 23.9 Å². The second-order valence-electron chi connectivity index (χ2n) is 7.02. The van der Waals surface area contributed by atoms with E-state index in [1.165, 1.54) is 0 Å². The molecule has 0 amide bonds. The van der Waals surface area contributed by atoms with E-state index in [9.17, 15) is 5.21 Å². The van der Waals surface area contributed by atoms with Crippen LogP contribution in [-0.4, -0.2) is 42.8 Å². The van der Waals surface area contributed by atoms with E-state index in [1.54, 1.807) is 35.5 Å². The molecule has 3 N–H and O–H groups in total. The van der Waals surface area contributed by atoms with E-state index in [0.717, 1.165) is 29.4 Å². The molecule has 9 heteroatoms. The van der Waals surface area contributed by atoms with Gasteiger partial charge in [0.15, 0.2) is 17.3 Å². The minimum absolute atomic E-state index is 0.186. The second kappa shape index (κ2) is 6.60. The lowest BCUT2D eigenvalue weighted by atomic mass is 9.94. The molecular weight excluding hydrogens is 334 g/mol. The minimum atomic E-state index is -0.193. The van der Waals surface area contributed by atoms with Gasteiger partial charge >= 0.3 is 0 Å². The van der Waals surface area contributed by atoms with Crippen molar-refractivity contribution in [3.05, 3.63) is 36.2 Å². The Kier molecular flexibility index (Phi) is 4.27. The van der Waals surface area contributed by atoms with Crippen LogP contribution in [0, 0.1) is 5.21 Å². The lowest BCUT2D eigenvalue weighted by Crippen LogP contribution is -2.70. The van der Waals surface area contributed by atoms with Crippen LogP contribution in [0.2, 0.25) is 0 Å². The Morgan fingerprint density at radius 2 is 2.23 bits per heavy atom. The molecule has 136 valence electrons. The number of nitrogens with two attached hydrogens (primary N) is 1. The maximum atomic E-state index is 11.4. The van der Waals surface area contributed by atoms with Crippen molar-refractivity contribution >= 4 is 17.0 Å². The summed E-state index contributed by atoms with van der Waals surface area (Å²) in [6.07, 6.45) is 10.1. The zero-order chi connectivity index (χ0) is 18.1. The number of hydrogen-bond acceptors (Lipinski definition) is 7. The Morgan fingerprint density at radius 1 is 1.35 bits per heavy atom. The summed E-state index contributed by atoms with van der Waals surface area (Å²) in [5, 5.41) is 19.1. The number of hydrogen-bond donors (Lipinski definition) is 2. The highest BCUT2D eigenvalue weighted by Gasteiger charge is 2.29. The molecule has 0 radical (unpaired) electrons. The summed E-state index contributed by atoms with van der Waals surface area (Å²) in [5.41, 5.74) is 2.60. The summed E-state index contributed by atoms with van der Waals surface area (Å²) in [4.78, 5) is 13.1. The average Bonchev–Trinajstić information content (AvgIpc) is 3.05. The molecule has 0 saturated carbocycles. The maximum absolute atomic E-state index is 11.4. The van der Waals surface area contributed by atoms with Gasteiger partial charge in [-0.05, 0) is 26.7 Å². The topological polar surface area (TPSA) is 117 Å². The Bertz CT molecular complexity index is 924.